The second kappa shape index (κ2) is 9.38. The van der Waals surface area contributed by atoms with Crippen LogP contribution >= 0.6 is 0 Å². The summed E-state index contributed by atoms with van der Waals surface area (Å²) in [5.74, 6) is -0.333. The van der Waals surface area contributed by atoms with Crippen molar-refractivity contribution in [2.45, 2.75) is 26.9 Å². The topological polar surface area (TPSA) is 105 Å². The first-order valence-corrected chi connectivity index (χ1v) is 11.8. The minimum atomic E-state index is -3.60. The van der Waals surface area contributed by atoms with Crippen LogP contribution in [0.15, 0.2) is 48.5 Å². The Morgan fingerprint density at radius 3 is 2.52 bits per heavy atom. The van der Waals surface area contributed by atoms with Gasteiger partial charge in [0.1, 0.15) is 5.75 Å². The summed E-state index contributed by atoms with van der Waals surface area (Å²) in [4.78, 5) is 25.5. The number of hydrogen-bond donors (Lipinski definition) is 2. The van der Waals surface area contributed by atoms with Gasteiger partial charge < -0.3 is 15.4 Å². The molecule has 2 N–H and O–H groups in total. The van der Waals surface area contributed by atoms with E-state index in [9.17, 15) is 18.0 Å². The van der Waals surface area contributed by atoms with Gasteiger partial charge in [0, 0.05) is 6.54 Å². The van der Waals surface area contributed by atoms with Gasteiger partial charge in [-0.05, 0) is 37.1 Å². The second-order valence-corrected chi connectivity index (χ2v) is 9.83. The van der Waals surface area contributed by atoms with Crippen LogP contribution in [0.4, 0.5) is 11.4 Å². The molecule has 1 heterocycles. The van der Waals surface area contributed by atoms with E-state index < -0.39 is 22.0 Å². The molecule has 0 saturated heterocycles. The molecular formula is C22H27N3O5S. The summed E-state index contributed by atoms with van der Waals surface area (Å²) >= 11 is 0. The smallest absolute Gasteiger partial charge is 0.267 e. The Morgan fingerprint density at radius 1 is 1.13 bits per heavy atom. The Morgan fingerprint density at radius 2 is 1.81 bits per heavy atom. The maximum absolute atomic E-state index is 13.0. The van der Waals surface area contributed by atoms with Gasteiger partial charge >= 0.3 is 0 Å². The number of carbonyl (C=O) groups excluding carboxylic acids is 2. The zero-order valence-corrected chi connectivity index (χ0v) is 18.6. The van der Waals surface area contributed by atoms with Crippen molar-refractivity contribution in [2.75, 3.05) is 28.5 Å². The Hall–Kier alpha value is -3.07. The fourth-order valence-corrected chi connectivity index (χ4v) is 4.28. The van der Waals surface area contributed by atoms with E-state index in [0.717, 1.165) is 0 Å². The molecule has 9 heteroatoms. The van der Waals surface area contributed by atoms with Crippen molar-refractivity contribution < 1.29 is 22.7 Å². The molecule has 1 unspecified atom stereocenters. The minimum Gasteiger partial charge on any atom is -0.476 e. The summed E-state index contributed by atoms with van der Waals surface area (Å²) in [5.41, 5.74) is 1.06. The number of rotatable bonds is 7. The van der Waals surface area contributed by atoms with Crippen LogP contribution in [-0.2, 0) is 14.8 Å². The number of para-hydroxylation sites is 3. The Balaban J connectivity index is 1.83. The van der Waals surface area contributed by atoms with Crippen LogP contribution in [0.25, 0.3) is 0 Å². The average molecular weight is 446 g/mol. The van der Waals surface area contributed by atoms with Crippen LogP contribution < -0.4 is 19.7 Å². The second-order valence-electron chi connectivity index (χ2n) is 7.64. The van der Waals surface area contributed by atoms with Crippen molar-refractivity contribution in [1.29, 1.82) is 0 Å². The van der Waals surface area contributed by atoms with Crippen LogP contribution in [0.2, 0.25) is 0 Å². The zero-order valence-electron chi connectivity index (χ0n) is 17.8. The number of sulfonamides is 1. The van der Waals surface area contributed by atoms with Crippen molar-refractivity contribution in [3.8, 4) is 5.75 Å². The first-order chi connectivity index (χ1) is 14.7. The van der Waals surface area contributed by atoms with Crippen molar-refractivity contribution in [2.24, 2.45) is 5.92 Å². The first kappa shape index (κ1) is 22.6. The maximum Gasteiger partial charge on any atom is 0.267 e. The van der Waals surface area contributed by atoms with Crippen molar-refractivity contribution in [3.63, 3.8) is 0 Å². The van der Waals surface area contributed by atoms with Gasteiger partial charge in [-0.1, -0.05) is 38.1 Å². The molecule has 0 aliphatic carbocycles. The summed E-state index contributed by atoms with van der Waals surface area (Å²) < 4.78 is 32.2. The normalized spacial score (nSPS) is 15.7. The van der Waals surface area contributed by atoms with E-state index in [2.05, 4.69) is 10.6 Å². The van der Waals surface area contributed by atoms with Gasteiger partial charge in [-0.15, -0.1) is 0 Å². The van der Waals surface area contributed by atoms with Gasteiger partial charge in [0.15, 0.2) is 6.10 Å². The predicted molar refractivity (Wildman–Crippen MR) is 120 cm³/mol. The number of fused-ring (bicyclic) bond motifs is 1. The summed E-state index contributed by atoms with van der Waals surface area (Å²) in [5, 5.41) is 5.55. The largest absolute Gasteiger partial charge is 0.476 e. The molecule has 166 valence electrons. The average Bonchev–Trinajstić information content (AvgIpc) is 2.76. The van der Waals surface area contributed by atoms with Gasteiger partial charge in [0.05, 0.1) is 29.2 Å². The lowest BCUT2D eigenvalue weighted by atomic mass is 10.1. The van der Waals surface area contributed by atoms with E-state index in [1.165, 1.54) is 4.31 Å². The SMILES string of the molecule is CCS(=O)(=O)N1CC(C(=O)Nc2ccccc2C(=O)NCC(C)C)Oc2ccccc21. The number of benzene rings is 2. The molecule has 8 nitrogen and oxygen atoms in total. The maximum atomic E-state index is 13.0. The van der Waals surface area contributed by atoms with Crippen LogP contribution in [0.3, 0.4) is 0 Å². The fraction of sp³-hybridized carbons (Fsp3) is 0.364. The Bertz CT molecular complexity index is 1070. The number of nitrogens with one attached hydrogen (secondary N) is 2. The quantitative estimate of drug-likeness (QED) is 0.682. The highest BCUT2D eigenvalue weighted by Gasteiger charge is 2.36. The molecule has 2 amide bonds. The Labute approximate surface area is 182 Å². The minimum absolute atomic E-state index is 0.103. The number of carbonyl (C=O) groups is 2. The molecule has 0 spiro atoms. The van der Waals surface area contributed by atoms with E-state index >= 15 is 0 Å². The van der Waals surface area contributed by atoms with Crippen molar-refractivity contribution in [3.05, 3.63) is 54.1 Å². The van der Waals surface area contributed by atoms with Crippen LogP contribution in [-0.4, -0.2) is 45.2 Å². The van der Waals surface area contributed by atoms with Crippen LogP contribution in [0.1, 0.15) is 31.1 Å². The summed E-state index contributed by atoms with van der Waals surface area (Å²) in [6.07, 6.45) is -1.07. The number of anilines is 2. The van der Waals surface area contributed by atoms with E-state index in [1.54, 1.807) is 55.5 Å². The molecule has 0 saturated carbocycles. The highest BCUT2D eigenvalue weighted by atomic mass is 32.2. The van der Waals surface area contributed by atoms with E-state index in [1.807, 2.05) is 13.8 Å². The highest BCUT2D eigenvalue weighted by molar-refractivity contribution is 7.92. The number of amides is 2. The standard InChI is InChI=1S/C22H27N3O5S/c1-4-31(28,29)25-14-20(30-19-12-8-7-11-18(19)25)22(27)24-17-10-6-5-9-16(17)21(26)23-13-15(2)3/h5-12,15,20H,4,13-14H2,1-3H3,(H,23,26)(H,24,27). The number of ether oxygens (including phenoxy) is 1. The first-order valence-electron chi connectivity index (χ1n) is 10.2. The van der Waals surface area contributed by atoms with E-state index in [4.69, 9.17) is 4.74 Å². The third-order valence-electron chi connectivity index (χ3n) is 4.83. The molecular weight excluding hydrogens is 418 g/mol. The molecule has 2 aromatic carbocycles. The summed E-state index contributed by atoms with van der Waals surface area (Å²) in [6, 6.07) is 13.4. The van der Waals surface area contributed by atoms with Crippen LogP contribution in [0, 0.1) is 5.92 Å². The van der Waals surface area contributed by atoms with Gasteiger partial charge in [0.25, 0.3) is 11.8 Å². The molecule has 0 bridgehead atoms. The molecule has 1 aliphatic heterocycles. The van der Waals surface area contributed by atoms with Gasteiger partial charge in [-0.3, -0.25) is 13.9 Å². The summed E-state index contributed by atoms with van der Waals surface area (Å²) in [6.45, 7) is 5.88. The van der Waals surface area contributed by atoms with Crippen molar-refractivity contribution >= 4 is 33.2 Å². The van der Waals surface area contributed by atoms with E-state index in [-0.39, 0.29) is 24.1 Å². The molecule has 31 heavy (non-hydrogen) atoms. The molecule has 1 atom stereocenters. The lowest BCUT2D eigenvalue weighted by molar-refractivity contribution is -0.122. The molecule has 3 rings (SSSR count). The predicted octanol–water partition coefficient (Wildman–Crippen LogP) is 2.63. The van der Waals surface area contributed by atoms with Crippen molar-refractivity contribution in [1.82, 2.24) is 5.32 Å². The lowest BCUT2D eigenvalue weighted by Gasteiger charge is -2.34. The third kappa shape index (κ3) is 5.16. The molecule has 0 radical (unpaired) electrons. The lowest BCUT2D eigenvalue weighted by Crippen LogP contribution is -2.49. The molecule has 0 fully saturated rings. The highest BCUT2D eigenvalue weighted by Crippen LogP contribution is 2.35. The van der Waals surface area contributed by atoms with E-state index in [0.29, 0.717) is 29.2 Å². The molecule has 2 aromatic rings. The van der Waals surface area contributed by atoms with Gasteiger partial charge in [-0.2, -0.15) is 0 Å². The number of hydrogen-bond acceptors (Lipinski definition) is 5. The molecule has 1 aliphatic rings. The Kier molecular flexibility index (Phi) is 6.84. The van der Waals surface area contributed by atoms with Gasteiger partial charge in [-0.25, -0.2) is 8.42 Å². The van der Waals surface area contributed by atoms with Gasteiger partial charge in [0.2, 0.25) is 10.0 Å². The zero-order chi connectivity index (χ0) is 22.6. The third-order valence-corrected chi connectivity index (χ3v) is 6.58. The summed E-state index contributed by atoms with van der Waals surface area (Å²) in [7, 11) is -3.60. The fourth-order valence-electron chi connectivity index (χ4n) is 3.15. The number of nitrogens with zero attached hydrogens (tertiary/aromatic N) is 1. The molecule has 0 aromatic heterocycles. The monoisotopic (exact) mass is 445 g/mol. The van der Waals surface area contributed by atoms with Crippen LogP contribution in [0.5, 0.6) is 5.75 Å².